The lowest BCUT2D eigenvalue weighted by atomic mass is 9.95. The minimum absolute atomic E-state index is 0.225. The van der Waals surface area contributed by atoms with E-state index in [0.717, 1.165) is 16.7 Å². The topological polar surface area (TPSA) is 122 Å². The predicted molar refractivity (Wildman–Crippen MR) is 135 cm³/mol. The van der Waals surface area contributed by atoms with Gasteiger partial charge in [-0.1, -0.05) is 42.5 Å². The standard InChI is InChI=1S/C26H31N3O5S/c1-2-34-26(33)20(12-11-16-7-4-3-5-8-16)28-21-13-18-17(9-6-10-19(18)27)22-14-35-15-23(25(31)32)29(22)24(21)30/h3-10,20-23,28H,2,11-15,27H2,1H3,(H,31,32)/t20-,21+,22-,23+/m0/s1. The first kappa shape index (κ1) is 25.1. The second kappa shape index (κ2) is 11.1. The zero-order valence-corrected chi connectivity index (χ0v) is 20.5. The maximum absolute atomic E-state index is 13.9. The van der Waals surface area contributed by atoms with Gasteiger partial charge in [0.25, 0.3) is 0 Å². The molecule has 2 aliphatic rings. The second-order valence-electron chi connectivity index (χ2n) is 8.82. The van der Waals surface area contributed by atoms with Crippen LogP contribution in [-0.2, 0) is 32.0 Å². The van der Waals surface area contributed by atoms with Crippen LogP contribution in [0.5, 0.6) is 0 Å². The number of amides is 1. The molecule has 0 bridgehead atoms. The SMILES string of the molecule is CCOC(=O)[C@H](CCc1ccccc1)N[C@@H]1Cc2c(N)cccc2[C@@H]2CSC[C@H](C(=O)O)N2C1=O. The molecule has 0 aliphatic carbocycles. The number of benzene rings is 2. The van der Waals surface area contributed by atoms with Crippen LogP contribution in [0, 0.1) is 0 Å². The molecule has 1 saturated heterocycles. The van der Waals surface area contributed by atoms with Crippen molar-refractivity contribution in [3.8, 4) is 0 Å². The lowest BCUT2D eigenvalue weighted by molar-refractivity contribution is -0.153. The first-order valence-electron chi connectivity index (χ1n) is 11.9. The highest BCUT2D eigenvalue weighted by molar-refractivity contribution is 7.99. The number of carboxylic acid groups (broad SMARTS) is 1. The number of thioether (sulfide) groups is 1. The Hall–Kier alpha value is -3.04. The Morgan fingerprint density at radius 1 is 1.20 bits per heavy atom. The summed E-state index contributed by atoms with van der Waals surface area (Å²) in [4.78, 5) is 40.3. The van der Waals surface area contributed by atoms with Gasteiger partial charge in [-0.2, -0.15) is 11.8 Å². The third-order valence-corrected chi connectivity index (χ3v) is 7.72. The molecule has 0 unspecified atom stereocenters. The lowest BCUT2D eigenvalue weighted by Crippen LogP contribution is -2.58. The van der Waals surface area contributed by atoms with E-state index in [4.69, 9.17) is 10.5 Å². The number of nitrogens with one attached hydrogen (secondary N) is 1. The molecule has 0 spiro atoms. The Labute approximate surface area is 209 Å². The van der Waals surface area contributed by atoms with E-state index in [2.05, 4.69) is 5.32 Å². The van der Waals surface area contributed by atoms with Crippen LogP contribution < -0.4 is 11.1 Å². The molecule has 2 aromatic rings. The van der Waals surface area contributed by atoms with Gasteiger partial charge in [-0.05, 0) is 48.9 Å². The average molecular weight is 498 g/mol. The number of nitrogen functional groups attached to an aromatic ring is 1. The monoisotopic (exact) mass is 497 g/mol. The first-order valence-corrected chi connectivity index (χ1v) is 13.0. The highest BCUT2D eigenvalue weighted by Crippen LogP contribution is 2.39. The Morgan fingerprint density at radius 3 is 2.69 bits per heavy atom. The summed E-state index contributed by atoms with van der Waals surface area (Å²) < 4.78 is 5.31. The van der Waals surface area contributed by atoms with Gasteiger partial charge in [0, 0.05) is 17.2 Å². The summed E-state index contributed by atoms with van der Waals surface area (Å²) >= 11 is 1.52. The van der Waals surface area contributed by atoms with E-state index in [-0.39, 0.29) is 18.9 Å². The Balaban J connectivity index is 1.66. The summed E-state index contributed by atoms with van der Waals surface area (Å²) in [6.07, 6.45) is 1.33. The zero-order chi connectivity index (χ0) is 24.9. The summed E-state index contributed by atoms with van der Waals surface area (Å²) in [5, 5.41) is 13.1. The maximum atomic E-state index is 13.9. The highest BCUT2D eigenvalue weighted by atomic mass is 32.2. The van der Waals surface area contributed by atoms with E-state index in [1.54, 1.807) is 13.0 Å². The molecule has 4 atom stereocenters. The summed E-state index contributed by atoms with van der Waals surface area (Å²) in [6, 6.07) is 12.5. The van der Waals surface area contributed by atoms with Crippen molar-refractivity contribution in [2.45, 2.75) is 50.4 Å². The molecule has 0 radical (unpaired) electrons. The second-order valence-corrected chi connectivity index (χ2v) is 9.90. The van der Waals surface area contributed by atoms with Gasteiger partial charge in [0.2, 0.25) is 5.91 Å². The molecular formula is C26H31N3O5S. The van der Waals surface area contributed by atoms with Crippen molar-refractivity contribution in [1.29, 1.82) is 0 Å². The number of nitrogens with zero attached hydrogens (tertiary/aromatic N) is 1. The average Bonchev–Trinajstić information content (AvgIpc) is 2.98. The smallest absolute Gasteiger partial charge is 0.327 e. The van der Waals surface area contributed by atoms with Crippen molar-refractivity contribution in [1.82, 2.24) is 10.2 Å². The number of hydrogen-bond donors (Lipinski definition) is 3. The van der Waals surface area contributed by atoms with Gasteiger partial charge in [0.15, 0.2) is 0 Å². The van der Waals surface area contributed by atoms with Gasteiger partial charge in [0.1, 0.15) is 12.1 Å². The molecular weight excluding hydrogens is 466 g/mol. The van der Waals surface area contributed by atoms with Crippen LogP contribution >= 0.6 is 11.8 Å². The molecule has 8 nitrogen and oxygen atoms in total. The molecule has 186 valence electrons. The van der Waals surface area contributed by atoms with Crippen molar-refractivity contribution in [3.63, 3.8) is 0 Å². The van der Waals surface area contributed by atoms with Crippen LogP contribution in [0.4, 0.5) is 5.69 Å². The van der Waals surface area contributed by atoms with E-state index in [0.29, 0.717) is 30.0 Å². The molecule has 4 rings (SSSR count). The number of hydrogen-bond acceptors (Lipinski definition) is 7. The van der Waals surface area contributed by atoms with Crippen LogP contribution in [-0.4, -0.2) is 64.1 Å². The van der Waals surface area contributed by atoms with Gasteiger partial charge >= 0.3 is 11.9 Å². The quantitative estimate of drug-likeness (QED) is 0.376. The van der Waals surface area contributed by atoms with Crippen LogP contribution in [0.3, 0.4) is 0 Å². The number of carbonyl (C=O) groups excluding carboxylic acids is 2. The molecule has 2 aliphatic heterocycles. The van der Waals surface area contributed by atoms with Crippen molar-refractivity contribution in [2.75, 3.05) is 23.8 Å². The molecule has 2 aromatic carbocycles. The van der Waals surface area contributed by atoms with Crippen LogP contribution in [0.25, 0.3) is 0 Å². The van der Waals surface area contributed by atoms with Gasteiger partial charge < -0.3 is 20.5 Å². The molecule has 4 N–H and O–H groups in total. The molecule has 1 amide bonds. The van der Waals surface area contributed by atoms with Crippen molar-refractivity contribution in [2.24, 2.45) is 0 Å². The third-order valence-electron chi connectivity index (χ3n) is 6.61. The van der Waals surface area contributed by atoms with Gasteiger partial charge in [0.05, 0.1) is 18.7 Å². The molecule has 1 fully saturated rings. The number of carbonyl (C=O) groups is 3. The van der Waals surface area contributed by atoms with Crippen LogP contribution in [0.15, 0.2) is 48.5 Å². The predicted octanol–water partition coefficient (Wildman–Crippen LogP) is 2.42. The van der Waals surface area contributed by atoms with Crippen molar-refractivity contribution in [3.05, 3.63) is 65.2 Å². The fourth-order valence-electron chi connectivity index (χ4n) is 4.89. The number of nitrogens with two attached hydrogens (primary N) is 1. The normalized spacial score (nSPS) is 22.5. The summed E-state index contributed by atoms with van der Waals surface area (Å²) in [7, 11) is 0. The van der Waals surface area contributed by atoms with Crippen LogP contribution in [0.1, 0.15) is 36.1 Å². The molecule has 0 saturated carbocycles. The molecule has 35 heavy (non-hydrogen) atoms. The van der Waals surface area contributed by atoms with E-state index in [9.17, 15) is 19.5 Å². The number of rotatable bonds is 8. The summed E-state index contributed by atoms with van der Waals surface area (Å²) in [5.74, 6) is -0.882. The minimum atomic E-state index is -1.03. The van der Waals surface area contributed by atoms with E-state index >= 15 is 0 Å². The third kappa shape index (κ3) is 5.46. The van der Waals surface area contributed by atoms with Crippen LogP contribution in [0.2, 0.25) is 0 Å². The fraction of sp³-hybridized carbons (Fsp3) is 0.423. The molecule has 0 aromatic heterocycles. The number of fused-ring (bicyclic) bond motifs is 3. The number of aliphatic carboxylic acids is 1. The summed E-state index contributed by atoms with van der Waals surface area (Å²) in [5.41, 5.74) is 9.66. The van der Waals surface area contributed by atoms with Gasteiger partial charge in [-0.3, -0.25) is 14.9 Å². The fourth-order valence-corrected chi connectivity index (χ4v) is 6.12. The number of carboxylic acids is 1. The van der Waals surface area contributed by atoms with E-state index in [1.165, 1.54) is 16.7 Å². The Bertz CT molecular complexity index is 1080. The molecule has 9 heteroatoms. The number of esters is 1. The number of anilines is 1. The number of aryl methyl sites for hydroxylation is 1. The van der Waals surface area contributed by atoms with Crippen molar-refractivity contribution >= 4 is 35.3 Å². The Morgan fingerprint density at radius 2 is 1.97 bits per heavy atom. The number of ether oxygens (including phenoxy) is 1. The minimum Gasteiger partial charge on any atom is -0.480 e. The zero-order valence-electron chi connectivity index (χ0n) is 19.7. The molecule has 2 heterocycles. The maximum Gasteiger partial charge on any atom is 0.327 e. The first-order chi connectivity index (χ1) is 16.9. The van der Waals surface area contributed by atoms with E-state index < -0.39 is 36.1 Å². The van der Waals surface area contributed by atoms with Gasteiger partial charge in [-0.25, -0.2) is 4.79 Å². The van der Waals surface area contributed by atoms with E-state index in [1.807, 2.05) is 42.5 Å². The largest absolute Gasteiger partial charge is 0.480 e. The Kier molecular flexibility index (Phi) is 7.97. The van der Waals surface area contributed by atoms with Crippen molar-refractivity contribution < 1.29 is 24.2 Å². The highest BCUT2D eigenvalue weighted by Gasteiger charge is 2.45. The van der Waals surface area contributed by atoms with Gasteiger partial charge in [-0.15, -0.1) is 0 Å². The lowest BCUT2D eigenvalue weighted by Gasteiger charge is -2.40. The summed E-state index contributed by atoms with van der Waals surface area (Å²) in [6.45, 7) is 1.97.